The third-order valence-corrected chi connectivity index (χ3v) is 5.80. The number of methoxy groups -OCH3 is 1. The summed E-state index contributed by atoms with van der Waals surface area (Å²) in [6, 6.07) is 7.71. The maximum atomic E-state index is 13.9. The van der Waals surface area contributed by atoms with E-state index in [1.807, 2.05) is 0 Å². The number of benzene rings is 1. The number of nitrogens with one attached hydrogen (secondary N) is 2. The number of ether oxygens (including phenoxy) is 1. The normalized spacial score (nSPS) is 13.4. The van der Waals surface area contributed by atoms with Crippen LogP contribution in [0.3, 0.4) is 0 Å². The molecule has 178 valence electrons. The smallest absolute Gasteiger partial charge is 0.356 e. The third kappa shape index (κ3) is 5.72. The molecule has 3 aromatic rings. The minimum Gasteiger partial charge on any atom is -0.464 e. The fourth-order valence-electron chi connectivity index (χ4n) is 3.19. The molecule has 0 aliphatic heterocycles. The Morgan fingerprint density at radius 1 is 1.26 bits per heavy atom. The largest absolute Gasteiger partial charge is 0.464 e. The van der Waals surface area contributed by atoms with Crippen molar-refractivity contribution in [2.75, 3.05) is 12.4 Å². The summed E-state index contributed by atoms with van der Waals surface area (Å²) in [4.78, 5) is 32.8. The van der Waals surface area contributed by atoms with Crippen LogP contribution in [0.5, 0.6) is 0 Å². The molecule has 13 heteroatoms. The van der Waals surface area contributed by atoms with Crippen LogP contribution in [-0.4, -0.2) is 44.8 Å². The molecular weight excluding hydrogens is 484 g/mol. The highest BCUT2D eigenvalue weighted by Gasteiger charge is 2.27. The second kappa shape index (κ2) is 9.68. The molecule has 2 N–H and O–H groups in total. The van der Waals surface area contributed by atoms with E-state index in [9.17, 15) is 18.4 Å². The molecule has 1 aromatic carbocycles. The van der Waals surface area contributed by atoms with Gasteiger partial charge in [-0.3, -0.25) is 4.79 Å². The highest BCUT2D eigenvalue weighted by Crippen LogP contribution is 2.36. The number of anilines is 2. The molecule has 34 heavy (non-hydrogen) atoms. The Balaban J connectivity index is 1.68. The molecule has 2 unspecified atom stereocenters. The van der Waals surface area contributed by atoms with Gasteiger partial charge in [0, 0.05) is 29.1 Å². The van der Waals surface area contributed by atoms with E-state index in [1.54, 1.807) is 12.1 Å². The van der Waals surface area contributed by atoms with Crippen molar-refractivity contribution < 1.29 is 23.1 Å². The number of pyridine rings is 1. The fraction of sp³-hybridized carbons (Fsp3) is 0.286. The number of nitrogens with zero attached hydrogens (tertiary/aromatic N) is 4. The summed E-state index contributed by atoms with van der Waals surface area (Å²) in [5, 5.41) is 10.5. The van der Waals surface area contributed by atoms with Crippen molar-refractivity contribution in [2.24, 2.45) is 0 Å². The van der Waals surface area contributed by atoms with E-state index in [0.717, 1.165) is 12.8 Å². The zero-order valence-electron chi connectivity index (χ0n) is 18.1. The Morgan fingerprint density at radius 3 is 2.71 bits per heavy atom. The molecule has 4 rings (SSSR count). The summed E-state index contributed by atoms with van der Waals surface area (Å²) in [6.07, 6.45) is 3.29. The van der Waals surface area contributed by atoms with Crippen LogP contribution in [-0.2, 0) is 21.7 Å². The highest BCUT2D eigenvalue weighted by molar-refractivity contribution is 7.28. The number of amides is 1. The predicted molar refractivity (Wildman–Crippen MR) is 128 cm³/mol. The van der Waals surface area contributed by atoms with Crippen LogP contribution in [0.2, 0.25) is 0 Å². The maximum Gasteiger partial charge on any atom is 0.356 e. The first-order valence-electron chi connectivity index (χ1n) is 10.3. The number of rotatable bonds is 8. The van der Waals surface area contributed by atoms with Crippen molar-refractivity contribution in [3.8, 4) is 11.4 Å². The van der Waals surface area contributed by atoms with Gasteiger partial charge in [-0.15, -0.1) is 14.3 Å². The topological polar surface area (TPSA) is 111 Å². The lowest BCUT2D eigenvalue weighted by Crippen LogP contribution is -2.30. The van der Waals surface area contributed by atoms with Gasteiger partial charge >= 0.3 is 5.97 Å². The van der Waals surface area contributed by atoms with Gasteiger partial charge in [0.25, 0.3) is 5.66 Å². The van der Waals surface area contributed by atoms with E-state index in [4.69, 9.17) is 4.74 Å². The molecule has 1 aliphatic rings. The Hall–Kier alpha value is -3.03. The summed E-state index contributed by atoms with van der Waals surface area (Å²) in [5.74, 6) is -0.471. The second-order valence-electron chi connectivity index (χ2n) is 7.73. The summed E-state index contributed by atoms with van der Waals surface area (Å²) < 4.78 is 33.9. The number of carbonyl (C=O) groups excluding carboxylic acids is 2. The first-order chi connectivity index (χ1) is 16.1. The van der Waals surface area contributed by atoms with Gasteiger partial charge in [0.2, 0.25) is 11.9 Å². The van der Waals surface area contributed by atoms with Gasteiger partial charge in [-0.2, -0.15) is 13.8 Å². The minimum atomic E-state index is -3.12. The Labute approximate surface area is 198 Å². The molecule has 2 aromatic heterocycles. The van der Waals surface area contributed by atoms with Crippen LogP contribution in [0.25, 0.3) is 11.4 Å². The van der Waals surface area contributed by atoms with Crippen molar-refractivity contribution in [2.45, 2.75) is 31.1 Å². The number of aromatic nitrogens is 4. The van der Waals surface area contributed by atoms with Gasteiger partial charge in [0.1, 0.15) is 12.2 Å². The Kier molecular flexibility index (Phi) is 6.86. The summed E-state index contributed by atoms with van der Waals surface area (Å²) >= 11 is 0. The second-order valence-corrected chi connectivity index (χ2v) is 9.08. The van der Waals surface area contributed by atoms with Crippen LogP contribution in [0.15, 0.2) is 36.5 Å². The van der Waals surface area contributed by atoms with E-state index >= 15 is 0 Å². The van der Waals surface area contributed by atoms with Gasteiger partial charge in [-0.25, -0.2) is 14.5 Å². The number of esters is 1. The lowest BCUT2D eigenvalue weighted by Gasteiger charge is -2.15. The first kappa shape index (κ1) is 24.1. The molecule has 9 nitrogen and oxygen atoms in total. The van der Waals surface area contributed by atoms with Crippen molar-refractivity contribution in [3.05, 3.63) is 47.8 Å². The van der Waals surface area contributed by atoms with Gasteiger partial charge < -0.3 is 15.4 Å². The fourth-order valence-corrected chi connectivity index (χ4v) is 3.98. The average molecular weight is 506 g/mol. The van der Waals surface area contributed by atoms with E-state index in [1.165, 1.54) is 45.4 Å². The Bertz CT molecular complexity index is 1240. The van der Waals surface area contributed by atoms with Crippen molar-refractivity contribution >= 4 is 47.3 Å². The molecule has 1 aliphatic carbocycles. The van der Waals surface area contributed by atoms with Gasteiger partial charge in [0.15, 0.2) is 5.82 Å². The van der Waals surface area contributed by atoms with Gasteiger partial charge in [-0.1, -0.05) is 15.3 Å². The molecule has 0 radical (unpaired) electrons. The summed E-state index contributed by atoms with van der Waals surface area (Å²) in [5.41, 5.74) is -2.41. The monoisotopic (exact) mass is 506 g/mol. The van der Waals surface area contributed by atoms with Gasteiger partial charge in [-0.05, 0) is 42.4 Å². The molecular formula is C21H22F2N6O3P2. The summed E-state index contributed by atoms with van der Waals surface area (Å²) in [6.45, 7) is -0.115. The van der Waals surface area contributed by atoms with Crippen LogP contribution in [0.4, 0.5) is 20.4 Å². The van der Waals surface area contributed by atoms with Crippen molar-refractivity contribution in [1.82, 2.24) is 25.1 Å². The number of hydrogen-bond acceptors (Lipinski definition) is 7. The SMILES string of the molecule is COC(=O)c1cc(-c2nc(Nc3ccc(P)c(C(F)(F)P)c3)nn2CC(=O)NC2CC2)ccn1. The summed E-state index contributed by atoms with van der Waals surface area (Å²) in [7, 11) is 5.04. The lowest BCUT2D eigenvalue weighted by atomic mass is 10.2. The zero-order chi connectivity index (χ0) is 24.5. The molecule has 1 fully saturated rings. The number of hydrogen-bond donors (Lipinski definition) is 2. The minimum absolute atomic E-state index is 0.0647. The molecule has 0 bridgehead atoms. The van der Waals surface area contributed by atoms with E-state index < -0.39 is 11.6 Å². The van der Waals surface area contributed by atoms with E-state index in [2.05, 4.69) is 34.9 Å². The lowest BCUT2D eigenvalue weighted by molar-refractivity contribution is -0.121. The average Bonchev–Trinajstić information content (AvgIpc) is 3.52. The van der Waals surface area contributed by atoms with E-state index in [0.29, 0.717) is 22.4 Å². The van der Waals surface area contributed by atoms with E-state index in [-0.39, 0.29) is 35.7 Å². The highest BCUT2D eigenvalue weighted by atomic mass is 31.0. The van der Waals surface area contributed by atoms with Crippen LogP contribution in [0, 0.1) is 0 Å². The maximum absolute atomic E-state index is 13.9. The zero-order valence-corrected chi connectivity index (χ0v) is 20.4. The third-order valence-electron chi connectivity index (χ3n) is 4.99. The molecule has 1 saturated carbocycles. The molecule has 1 amide bonds. The van der Waals surface area contributed by atoms with Crippen LogP contribution >= 0.6 is 18.5 Å². The number of alkyl halides is 2. The number of halogens is 2. The van der Waals surface area contributed by atoms with Crippen molar-refractivity contribution in [3.63, 3.8) is 0 Å². The number of carbonyl (C=O) groups is 2. The molecule has 2 heterocycles. The van der Waals surface area contributed by atoms with Crippen LogP contribution in [0.1, 0.15) is 28.9 Å². The van der Waals surface area contributed by atoms with Crippen molar-refractivity contribution in [1.29, 1.82) is 0 Å². The van der Waals surface area contributed by atoms with Gasteiger partial charge in [0.05, 0.1) is 7.11 Å². The quantitative estimate of drug-likeness (QED) is 0.357. The molecule has 0 spiro atoms. The Morgan fingerprint density at radius 2 is 2.03 bits per heavy atom. The molecule has 0 saturated heterocycles. The predicted octanol–water partition coefficient (Wildman–Crippen LogP) is 2.57. The first-order valence-corrected chi connectivity index (χ1v) is 11.4. The molecule has 2 atom stereocenters. The standard InChI is InChI=1S/C21H22F2N6O3P2/c1-32-19(31)15-8-11(6-7-24-15)18-27-20(28-29(18)10-17(30)25-12-2-3-12)26-13-4-5-16(33)14(9-13)21(22,23)34/h4-9,12H,2-3,10,33-34H2,1H3,(H,25,30)(H,26,28). The van der Waals surface area contributed by atoms with Crippen LogP contribution < -0.4 is 15.9 Å².